The molecule has 2 rings (SSSR count). The van der Waals surface area contributed by atoms with Crippen LogP contribution >= 0.6 is 0 Å². The van der Waals surface area contributed by atoms with E-state index in [0.717, 1.165) is 12.1 Å². The van der Waals surface area contributed by atoms with Gasteiger partial charge in [0.05, 0.1) is 19.3 Å². The number of amides is 1. The maximum atomic E-state index is 13.6. The molecule has 0 saturated carbocycles. The van der Waals surface area contributed by atoms with E-state index >= 15 is 0 Å². The average Bonchev–Trinajstić information content (AvgIpc) is 2.68. The largest absolute Gasteiger partial charge is 0.493 e. The van der Waals surface area contributed by atoms with Crippen LogP contribution < -0.4 is 14.8 Å². The molecule has 0 radical (unpaired) electrons. The monoisotopic (exact) mass is 407 g/mol. The lowest BCUT2D eigenvalue weighted by molar-refractivity contribution is -0.123. The molecule has 0 saturated heterocycles. The molecular formula is C21H23F2NO5. The van der Waals surface area contributed by atoms with Crippen LogP contribution in [0.25, 0.3) is 0 Å². The minimum atomic E-state index is -1.29. The van der Waals surface area contributed by atoms with Crippen molar-refractivity contribution < 1.29 is 32.6 Å². The molecule has 2 aromatic rings. The smallest absolute Gasteiger partial charge is 0.339 e. The van der Waals surface area contributed by atoms with E-state index in [2.05, 4.69) is 5.32 Å². The van der Waals surface area contributed by atoms with E-state index < -0.39 is 35.3 Å². The van der Waals surface area contributed by atoms with Crippen molar-refractivity contribution in [3.63, 3.8) is 0 Å². The molecule has 156 valence electrons. The predicted octanol–water partition coefficient (Wildman–Crippen LogP) is 4.19. The maximum absolute atomic E-state index is 13.6. The molecular weight excluding hydrogens is 384 g/mol. The number of para-hydroxylation sites is 1. The quantitative estimate of drug-likeness (QED) is 0.664. The van der Waals surface area contributed by atoms with Crippen molar-refractivity contribution in [1.82, 2.24) is 0 Å². The van der Waals surface area contributed by atoms with Gasteiger partial charge in [-0.3, -0.25) is 4.79 Å². The lowest BCUT2D eigenvalue weighted by Crippen LogP contribution is -2.30. The van der Waals surface area contributed by atoms with Crippen LogP contribution in [0.1, 0.15) is 31.1 Å². The van der Waals surface area contributed by atoms with Crippen LogP contribution in [0.4, 0.5) is 14.5 Å². The lowest BCUT2D eigenvalue weighted by atomic mass is 10.2. The first-order valence-electron chi connectivity index (χ1n) is 8.99. The highest BCUT2D eigenvalue weighted by Crippen LogP contribution is 2.29. The number of hydrogen-bond acceptors (Lipinski definition) is 5. The Balaban J connectivity index is 2.05. The molecule has 8 heteroatoms. The third kappa shape index (κ3) is 5.91. The molecule has 1 amide bonds. The number of nitrogens with one attached hydrogen (secondary N) is 1. The number of anilines is 1. The van der Waals surface area contributed by atoms with Crippen LogP contribution in [0.5, 0.6) is 11.5 Å². The second-order valence-corrected chi connectivity index (χ2v) is 6.70. The van der Waals surface area contributed by atoms with Gasteiger partial charge in [0.25, 0.3) is 5.91 Å². The number of carbonyl (C=O) groups excluding carboxylic acids is 2. The van der Waals surface area contributed by atoms with Gasteiger partial charge in [0.1, 0.15) is 17.3 Å². The van der Waals surface area contributed by atoms with Crippen molar-refractivity contribution in [2.75, 3.05) is 19.0 Å². The molecule has 0 unspecified atom stereocenters. The summed E-state index contributed by atoms with van der Waals surface area (Å²) in [6.45, 7) is 5.77. The van der Waals surface area contributed by atoms with Gasteiger partial charge in [-0.15, -0.1) is 0 Å². The number of halogens is 2. The van der Waals surface area contributed by atoms with Crippen LogP contribution in [0, 0.1) is 17.6 Å². The topological polar surface area (TPSA) is 73.9 Å². The number of ether oxygens (including phenoxy) is 3. The third-order valence-corrected chi connectivity index (χ3v) is 3.84. The molecule has 2 aromatic carbocycles. The van der Waals surface area contributed by atoms with Crippen molar-refractivity contribution in [3.05, 3.63) is 53.6 Å². The number of methoxy groups -OCH3 is 1. The molecule has 1 atom stereocenters. The minimum Gasteiger partial charge on any atom is -0.493 e. The van der Waals surface area contributed by atoms with Gasteiger partial charge >= 0.3 is 5.97 Å². The Bertz CT molecular complexity index is 865. The van der Waals surface area contributed by atoms with Gasteiger partial charge in [-0.25, -0.2) is 13.6 Å². The average molecular weight is 407 g/mol. The first-order valence-corrected chi connectivity index (χ1v) is 8.99. The third-order valence-electron chi connectivity index (χ3n) is 3.84. The second kappa shape index (κ2) is 9.86. The number of esters is 1. The number of benzene rings is 2. The molecule has 0 fully saturated rings. The molecule has 0 aliphatic heterocycles. The zero-order chi connectivity index (χ0) is 21.6. The van der Waals surface area contributed by atoms with Gasteiger partial charge in [-0.05, 0) is 43.2 Å². The molecule has 29 heavy (non-hydrogen) atoms. The Hall–Kier alpha value is -3.16. The summed E-state index contributed by atoms with van der Waals surface area (Å²) in [4.78, 5) is 24.5. The molecule has 0 bridgehead atoms. The molecule has 0 aromatic heterocycles. The SMILES string of the molecule is COc1cc(C(=O)O[C@@H](C)C(=O)Nc2c(F)cccc2F)ccc1OCC(C)C. The molecule has 1 N–H and O–H groups in total. The van der Waals surface area contributed by atoms with E-state index in [1.54, 1.807) is 6.07 Å². The summed E-state index contributed by atoms with van der Waals surface area (Å²) in [7, 11) is 1.44. The van der Waals surface area contributed by atoms with Crippen molar-refractivity contribution in [2.45, 2.75) is 26.9 Å². The molecule has 0 aliphatic rings. The predicted molar refractivity (Wildman–Crippen MR) is 103 cm³/mol. The first-order chi connectivity index (χ1) is 13.7. The molecule has 0 spiro atoms. The summed E-state index contributed by atoms with van der Waals surface area (Å²) in [5.41, 5.74) is -0.468. The molecule has 6 nitrogen and oxygen atoms in total. The van der Waals surface area contributed by atoms with Crippen molar-refractivity contribution in [3.8, 4) is 11.5 Å². The van der Waals surface area contributed by atoms with Crippen molar-refractivity contribution in [1.29, 1.82) is 0 Å². The Labute approximate surface area is 167 Å². The Morgan fingerprint density at radius 3 is 2.28 bits per heavy atom. The standard InChI is InChI=1S/C21H23F2NO5/c1-12(2)11-28-17-9-8-14(10-18(17)27-4)21(26)29-13(3)20(25)24-19-15(22)6-5-7-16(19)23/h5-10,12-13H,11H2,1-4H3,(H,24,25)/t13-/m0/s1. The van der Waals surface area contributed by atoms with Gasteiger partial charge in [0.2, 0.25) is 0 Å². The van der Waals surface area contributed by atoms with E-state index in [1.165, 1.54) is 32.2 Å². The van der Waals surface area contributed by atoms with Gasteiger partial charge in [0, 0.05) is 0 Å². The Morgan fingerprint density at radius 2 is 1.69 bits per heavy atom. The van der Waals surface area contributed by atoms with Crippen LogP contribution in [-0.2, 0) is 9.53 Å². The summed E-state index contributed by atoms with van der Waals surface area (Å²) < 4.78 is 43.2. The van der Waals surface area contributed by atoms with Crippen molar-refractivity contribution >= 4 is 17.6 Å². The highest BCUT2D eigenvalue weighted by molar-refractivity contribution is 5.97. The fourth-order valence-electron chi connectivity index (χ4n) is 2.29. The van der Waals surface area contributed by atoms with E-state index in [-0.39, 0.29) is 5.56 Å². The van der Waals surface area contributed by atoms with Crippen LogP contribution in [-0.4, -0.2) is 31.7 Å². The van der Waals surface area contributed by atoms with E-state index in [4.69, 9.17) is 14.2 Å². The highest BCUT2D eigenvalue weighted by atomic mass is 19.1. The summed E-state index contributed by atoms with van der Waals surface area (Å²) in [5.74, 6) is -2.41. The Kier molecular flexibility index (Phi) is 7.52. The Morgan fingerprint density at radius 1 is 1.03 bits per heavy atom. The van der Waals surface area contributed by atoms with E-state index in [0.29, 0.717) is 24.0 Å². The lowest BCUT2D eigenvalue weighted by Gasteiger charge is -2.16. The summed E-state index contributed by atoms with van der Waals surface area (Å²) >= 11 is 0. The zero-order valence-electron chi connectivity index (χ0n) is 16.6. The summed E-state index contributed by atoms with van der Waals surface area (Å²) in [6.07, 6.45) is -1.29. The fraction of sp³-hybridized carbons (Fsp3) is 0.333. The summed E-state index contributed by atoms with van der Waals surface area (Å²) in [6, 6.07) is 7.65. The molecule has 0 aliphatic carbocycles. The van der Waals surface area contributed by atoms with E-state index in [9.17, 15) is 18.4 Å². The minimum absolute atomic E-state index is 0.135. The van der Waals surface area contributed by atoms with Gasteiger partial charge < -0.3 is 19.5 Å². The number of carbonyl (C=O) groups is 2. The van der Waals surface area contributed by atoms with Crippen LogP contribution in [0.2, 0.25) is 0 Å². The van der Waals surface area contributed by atoms with Crippen LogP contribution in [0.3, 0.4) is 0 Å². The normalized spacial score (nSPS) is 11.7. The van der Waals surface area contributed by atoms with Crippen molar-refractivity contribution in [2.24, 2.45) is 5.92 Å². The van der Waals surface area contributed by atoms with Gasteiger partial charge in [0.15, 0.2) is 17.6 Å². The second-order valence-electron chi connectivity index (χ2n) is 6.70. The first kappa shape index (κ1) is 22.1. The number of rotatable bonds is 8. The van der Waals surface area contributed by atoms with Gasteiger partial charge in [-0.2, -0.15) is 0 Å². The summed E-state index contributed by atoms with van der Waals surface area (Å²) in [5, 5.41) is 2.08. The maximum Gasteiger partial charge on any atom is 0.339 e. The fourth-order valence-corrected chi connectivity index (χ4v) is 2.29. The highest BCUT2D eigenvalue weighted by Gasteiger charge is 2.22. The molecule has 0 heterocycles. The van der Waals surface area contributed by atoms with E-state index in [1.807, 2.05) is 13.8 Å². The van der Waals surface area contributed by atoms with Crippen LogP contribution in [0.15, 0.2) is 36.4 Å². The zero-order valence-corrected chi connectivity index (χ0v) is 16.6. The van der Waals surface area contributed by atoms with Gasteiger partial charge in [-0.1, -0.05) is 19.9 Å². The number of hydrogen-bond donors (Lipinski definition) is 1.